The Morgan fingerprint density at radius 1 is 0.377 bits per heavy atom. The van der Waals surface area contributed by atoms with Crippen LogP contribution in [0, 0.1) is 0 Å². The van der Waals surface area contributed by atoms with Gasteiger partial charge in [0.2, 0.25) is 0 Å². The molecule has 0 aliphatic heterocycles. The highest BCUT2D eigenvalue weighted by Gasteiger charge is 2.27. The lowest BCUT2D eigenvalue weighted by molar-refractivity contribution is 1.25. The predicted octanol–water partition coefficient (Wildman–Crippen LogP) is 13.2. The van der Waals surface area contributed by atoms with E-state index in [9.17, 15) is 0 Å². The minimum atomic E-state index is 0.986. The third-order valence-electron chi connectivity index (χ3n) is 11.7. The van der Waals surface area contributed by atoms with Gasteiger partial charge in [0.1, 0.15) is 5.65 Å². The number of nitrogens with zero attached hydrogens (tertiary/aromatic N) is 4. The number of pyridine rings is 1. The molecule has 53 heavy (non-hydrogen) atoms. The largest absolute Gasteiger partial charge is 0.308 e. The van der Waals surface area contributed by atoms with Crippen molar-refractivity contribution >= 4 is 115 Å². The van der Waals surface area contributed by atoms with Gasteiger partial charge in [-0.05, 0) is 76.1 Å². The van der Waals surface area contributed by atoms with E-state index in [-0.39, 0.29) is 0 Å². The molecule has 0 bridgehead atoms. The van der Waals surface area contributed by atoms with Crippen molar-refractivity contribution in [3.05, 3.63) is 170 Å². The van der Waals surface area contributed by atoms with Crippen molar-refractivity contribution in [2.45, 2.75) is 0 Å². The summed E-state index contributed by atoms with van der Waals surface area (Å²) in [6.07, 6.45) is 0. The third kappa shape index (κ3) is 3.39. The summed E-state index contributed by atoms with van der Waals surface area (Å²) in [6.45, 7) is 0. The van der Waals surface area contributed by atoms with Gasteiger partial charge in [0.25, 0.3) is 0 Å². The summed E-state index contributed by atoms with van der Waals surface area (Å²) >= 11 is 0. The van der Waals surface area contributed by atoms with Crippen LogP contribution in [0.1, 0.15) is 0 Å². The molecule has 0 spiro atoms. The number of anilines is 3. The molecule has 0 radical (unpaired) electrons. The number of rotatable bonds is 3. The van der Waals surface area contributed by atoms with E-state index in [4.69, 9.17) is 4.98 Å². The lowest BCUT2D eigenvalue weighted by atomic mass is 10.00. The summed E-state index contributed by atoms with van der Waals surface area (Å²) in [5.74, 6) is 0. The van der Waals surface area contributed by atoms with Crippen LogP contribution < -0.4 is 4.90 Å². The molecule has 5 aromatic heterocycles. The average molecular weight is 673 g/mol. The summed E-state index contributed by atoms with van der Waals surface area (Å²) in [5.41, 5.74) is 11.4. The number of hydrogen-bond donors (Lipinski definition) is 0. The number of benzene rings is 8. The first-order chi connectivity index (χ1) is 26.3. The molecule has 0 unspecified atom stereocenters. The molecule has 0 saturated carbocycles. The van der Waals surface area contributed by atoms with E-state index in [0.717, 1.165) is 39.3 Å². The van der Waals surface area contributed by atoms with E-state index in [1.54, 1.807) is 0 Å². The van der Waals surface area contributed by atoms with Gasteiger partial charge in [-0.25, -0.2) is 4.98 Å². The van der Waals surface area contributed by atoms with Crippen LogP contribution in [-0.4, -0.2) is 13.8 Å². The van der Waals surface area contributed by atoms with E-state index in [2.05, 4.69) is 184 Å². The molecule has 0 fully saturated rings. The van der Waals surface area contributed by atoms with Crippen molar-refractivity contribution in [2.75, 3.05) is 4.90 Å². The van der Waals surface area contributed by atoms with Gasteiger partial charge in [0.05, 0.1) is 38.8 Å². The Hall–Kier alpha value is -7.17. The maximum atomic E-state index is 5.84. The SMILES string of the molecule is c1ccc(N(c2ccccc2)c2cccc3c4cc5ccccc5c5c6cc7c(nc6n(c23)c45)c2c3ccccc3cc3c4ccccc4n7c32)cc1. The molecule has 0 aliphatic rings. The molecular weight excluding hydrogens is 645 g/mol. The van der Waals surface area contributed by atoms with Crippen LogP contribution >= 0.6 is 0 Å². The van der Waals surface area contributed by atoms with E-state index >= 15 is 0 Å². The lowest BCUT2D eigenvalue weighted by Crippen LogP contribution is -2.10. The maximum Gasteiger partial charge on any atom is 0.146 e. The Morgan fingerprint density at radius 3 is 1.66 bits per heavy atom. The molecule has 0 saturated heterocycles. The van der Waals surface area contributed by atoms with Gasteiger partial charge in [0, 0.05) is 49.1 Å². The molecule has 13 rings (SSSR count). The van der Waals surface area contributed by atoms with Crippen LogP contribution in [0.5, 0.6) is 0 Å². The predicted molar refractivity (Wildman–Crippen MR) is 223 cm³/mol. The summed E-state index contributed by atoms with van der Waals surface area (Å²) in [5, 5.41) is 13.6. The van der Waals surface area contributed by atoms with Gasteiger partial charge in [-0.15, -0.1) is 0 Å². The topological polar surface area (TPSA) is 25.0 Å². The molecule has 4 heteroatoms. The number of fused-ring (bicyclic) bond motifs is 16. The molecule has 0 atom stereocenters. The van der Waals surface area contributed by atoms with Crippen molar-refractivity contribution in [1.29, 1.82) is 0 Å². The fourth-order valence-electron chi connectivity index (χ4n) is 9.60. The molecular formula is C49H28N4. The van der Waals surface area contributed by atoms with Gasteiger partial charge in [-0.1, -0.05) is 115 Å². The first kappa shape index (κ1) is 27.5. The summed E-state index contributed by atoms with van der Waals surface area (Å²) in [6, 6.07) is 61.9. The van der Waals surface area contributed by atoms with E-state index < -0.39 is 0 Å². The average Bonchev–Trinajstić information content (AvgIpc) is 3.94. The Morgan fingerprint density at radius 2 is 0.943 bits per heavy atom. The zero-order valence-electron chi connectivity index (χ0n) is 28.5. The van der Waals surface area contributed by atoms with Gasteiger partial charge >= 0.3 is 0 Å². The second-order valence-corrected chi connectivity index (χ2v) is 14.3. The smallest absolute Gasteiger partial charge is 0.146 e. The van der Waals surface area contributed by atoms with Crippen molar-refractivity contribution in [3.63, 3.8) is 0 Å². The molecule has 244 valence electrons. The Labute approximate surface area is 302 Å². The maximum absolute atomic E-state index is 5.84. The van der Waals surface area contributed by atoms with Gasteiger partial charge < -0.3 is 9.30 Å². The molecule has 13 aromatic rings. The zero-order chi connectivity index (χ0) is 34.4. The van der Waals surface area contributed by atoms with Gasteiger partial charge in [-0.3, -0.25) is 4.40 Å². The van der Waals surface area contributed by atoms with Crippen LogP contribution in [0.3, 0.4) is 0 Å². The highest BCUT2D eigenvalue weighted by atomic mass is 15.2. The minimum absolute atomic E-state index is 0.986. The van der Waals surface area contributed by atoms with Crippen molar-refractivity contribution in [1.82, 2.24) is 13.8 Å². The van der Waals surface area contributed by atoms with Crippen LogP contribution in [0.2, 0.25) is 0 Å². The van der Waals surface area contributed by atoms with E-state index in [0.29, 0.717) is 0 Å². The van der Waals surface area contributed by atoms with Crippen molar-refractivity contribution < 1.29 is 0 Å². The zero-order valence-corrected chi connectivity index (χ0v) is 28.5. The molecule has 4 nitrogen and oxygen atoms in total. The number of para-hydroxylation sites is 4. The summed E-state index contributed by atoms with van der Waals surface area (Å²) in [7, 11) is 0. The van der Waals surface area contributed by atoms with E-state index in [1.807, 2.05) is 0 Å². The Balaban J connectivity index is 1.29. The first-order valence-corrected chi connectivity index (χ1v) is 18.2. The van der Waals surface area contributed by atoms with Crippen LogP contribution in [0.25, 0.3) is 98.0 Å². The van der Waals surface area contributed by atoms with Crippen LogP contribution in [0.15, 0.2) is 170 Å². The summed E-state index contributed by atoms with van der Waals surface area (Å²) < 4.78 is 4.95. The summed E-state index contributed by atoms with van der Waals surface area (Å²) in [4.78, 5) is 8.23. The van der Waals surface area contributed by atoms with Gasteiger partial charge in [-0.2, -0.15) is 0 Å². The van der Waals surface area contributed by atoms with Crippen LogP contribution in [0.4, 0.5) is 17.1 Å². The molecule has 0 aliphatic carbocycles. The van der Waals surface area contributed by atoms with Crippen molar-refractivity contribution in [2.24, 2.45) is 0 Å². The molecule has 8 aromatic carbocycles. The first-order valence-electron chi connectivity index (χ1n) is 18.2. The second-order valence-electron chi connectivity index (χ2n) is 14.3. The number of hydrogen-bond acceptors (Lipinski definition) is 2. The third-order valence-corrected chi connectivity index (χ3v) is 11.7. The molecule has 5 heterocycles. The molecule has 0 amide bonds. The van der Waals surface area contributed by atoms with Crippen molar-refractivity contribution in [3.8, 4) is 0 Å². The number of aromatic nitrogens is 3. The van der Waals surface area contributed by atoms with E-state index in [1.165, 1.54) is 75.8 Å². The molecule has 0 N–H and O–H groups in total. The van der Waals surface area contributed by atoms with Gasteiger partial charge in [0.15, 0.2) is 0 Å². The Kier molecular flexibility index (Phi) is 5.08. The monoisotopic (exact) mass is 672 g/mol. The van der Waals surface area contributed by atoms with Crippen LogP contribution in [-0.2, 0) is 0 Å². The fourth-order valence-corrected chi connectivity index (χ4v) is 9.60. The fraction of sp³-hybridized carbons (Fsp3) is 0. The Bertz CT molecular complexity index is 3580. The normalized spacial score (nSPS) is 12.5. The highest BCUT2D eigenvalue weighted by molar-refractivity contribution is 6.35. The minimum Gasteiger partial charge on any atom is -0.308 e. The quantitative estimate of drug-likeness (QED) is 0.187. The lowest BCUT2D eigenvalue weighted by Gasteiger charge is -2.26. The highest BCUT2D eigenvalue weighted by Crippen LogP contribution is 2.49. The second kappa shape index (κ2) is 9.78. The standard InChI is InChI=1S/C49H28N4/c1-3-16-31(17-4-1)51(32-18-5-2-6-19-32)41-25-13-23-36-38-27-29-14-7-9-20-33(29)43-39-28-42-45(50-49(39)53(46(36)41)47(38)43)44-34-21-10-8-15-30(34)26-37-35-22-11-12-24-40(35)52(42)48(37)44/h1-28H.